The monoisotopic (exact) mass is 373 g/mol. The van der Waals surface area contributed by atoms with Crippen LogP contribution in [0.4, 0.5) is 0 Å². The molecule has 3 nitrogen and oxygen atoms in total. The summed E-state index contributed by atoms with van der Waals surface area (Å²) >= 11 is 0. The minimum Gasteiger partial charge on any atom is -0.507 e. The maximum atomic E-state index is 10.5. The van der Waals surface area contributed by atoms with Crippen LogP contribution in [0.2, 0.25) is 0 Å². The lowest BCUT2D eigenvalue weighted by molar-refractivity contribution is 0.441. The van der Waals surface area contributed by atoms with E-state index in [4.69, 9.17) is 0 Å². The first kappa shape index (κ1) is 21.1. The Morgan fingerprint density at radius 2 is 1.75 bits per heavy atom. The molecule has 2 aromatic rings. The minimum atomic E-state index is 0.0243. The van der Waals surface area contributed by atoms with Gasteiger partial charge in [-0.15, -0.1) is 0 Å². The van der Waals surface area contributed by atoms with Crippen LogP contribution < -0.4 is 0 Å². The van der Waals surface area contributed by atoms with Crippen LogP contribution in [0.15, 0.2) is 60.2 Å². The first-order valence-electron chi connectivity index (χ1n) is 9.36. The molecule has 0 spiro atoms. The number of benzene rings is 2. The molecule has 144 valence electrons. The first-order chi connectivity index (χ1) is 13.3. The maximum absolute atomic E-state index is 10.5. The lowest BCUT2D eigenvalue weighted by Gasteiger charge is -2.11. The third-order valence-electron chi connectivity index (χ3n) is 4.66. The molecule has 2 rings (SSSR count). The number of rotatable bonds is 7. The molecule has 3 heteroatoms. The van der Waals surface area contributed by atoms with Crippen LogP contribution in [0.5, 0.6) is 11.5 Å². The Morgan fingerprint density at radius 1 is 1.07 bits per heavy atom. The van der Waals surface area contributed by atoms with E-state index in [0.717, 1.165) is 18.4 Å². The predicted octanol–water partition coefficient (Wildman–Crippen LogP) is 6.51. The molecule has 0 aliphatic carbocycles. The standard InChI is InChI=1S/C25H27NO2/c1-5-19-10-11-20(16-26)23(13-19)21-14-24(27)22(25(28)15-21)12-9-18(4)8-6-7-17(2)3/h5,7,9-11,13-15,27-28H,1,6,8,12H2,2-4H3. The number of hydrogen-bond acceptors (Lipinski definition) is 3. The highest BCUT2D eigenvalue weighted by atomic mass is 16.3. The van der Waals surface area contributed by atoms with Crippen molar-refractivity contribution in [3.05, 3.63) is 76.9 Å². The van der Waals surface area contributed by atoms with E-state index < -0.39 is 0 Å². The number of nitriles is 1. The van der Waals surface area contributed by atoms with E-state index in [1.807, 2.05) is 18.2 Å². The number of aromatic hydroxyl groups is 2. The van der Waals surface area contributed by atoms with Crippen molar-refractivity contribution < 1.29 is 10.2 Å². The molecule has 0 saturated carbocycles. The summed E-state index contributed by atoms with van der Waals surface area (Å²) in [6.07, 6.45) is 8.32. The number of hydrogen-bond donors (Lipinski definition) is 2. The second-order valence-electron chi connectivity index (χ2n) is 7.19. The molecule has 0 radical (unpaired) electrons. The van der Waals surface area contributed by atoms with Gasteiger partial charge in [-0.3, -0.25) is 0 Å². The molecule has 2 aromatic carbocycles. The lowest BCUT2D eigenvalue weighted by Crippen LogP contribution is -1.91. The first-order valence-corrected chi connectivity index (χ1v) is 9.36. The van der Waals surface area contributed by atoms with Gasteiger partial charge in [0, 0.05) is 11.1 Å². The lowest BCUT2D eigenvalue weighted by atomic mass is 9.95. The third kappa shape index (κ3) is 5.37. The van der Waals surface area contributed by atoms with Gasteiger partial charge in [-0.05, 0) is 75.4 Å². The van der Waals surface area contributed by atoms with Crippen LogP contribution >= 0.6 is 0 Å². The molecule has 0 aliphatic rings. The summed E-state index contributed by atoms with van der Waals surface area (Å²) in [5.41, 5.74) is 5.61. The molecule has 0 bridgehead atoms. The highest BCUT2D eigenvalue weighted by Crippen LogP contribution is 2.36. The Hall–Kier alpha value is -3.25. The van der Waals surface area contributed by atoms with Crippen molar-refractivity contribution in [3.8, 4) is 28.7 Å². The Bertz CT molecular complexity index is 948. The van der Waals surface area contributed by atoms with Crippen LogP contribution in [0.25, 0.3) is 17.2 Å². The van der Waals surface area contributed by atoms with Crippen molar-refractivity contribution in [2.45, 2.75) is 40.0 Å². The van der Waals surface area contributed by atoms with Gasteiger partial charge in [0.05, 0.1) is 11.6 Å². The van der Waals surface area contributed by atoms with Gasteiger partial charge in [0.15, 0.2) is 0 Å². The fraction of sp³-hybridized carbons (Fsp3) is 0.240. The van der Waals surface area contributed by atoms with Crippen LogP contribution in [-0.4, -0.2) is 10.2 Å². The fourth-order valence-corrected chi connectivity index (χ4v) is 3.00. The molecule has 28 heavy (non-hydrogen) atoms. The van der Waals surface area contributed by atoms with Gasteiger partial charge in [-0.2, -0.15) is 5.26 Å². The molecule has 0 aliphatic heterocycles. The average molecular weight is 373 g/mol. The van der Waals surface area contributed by atoms with Gasteiger partial charge in [-0.25, -0.2) is 0 Å². The molecule has 0 aromatic heterocycles. The number of allylic oxidation sites excluding steroid dienone is 4. The van der Waals surface area contributed by atoms with E-state index in [9.17, 15) is 15.5 Å². The summed E-state index contributed by atoms with van der Waals surface area (Å²) in [7, 11) is 0. The van der Waals surface area contributed by atoms with Gasteiger partial charge in [-0.1, -0.05) is 42.0 Å². The van der Waals surface area contributed by atoms with Crippen molar-refractivity contribution in [1.82, 2.24) is 0 Å². The van der Waals surface area contributed by atoms with Crippen molar-refractivity contribution in [1.29, 1.82) is 5.26 Å². The highest BCUT2D eigenvalue weighted by molar-refractivity contribution is 5.76. The molecule has 0 fully saturated rings. The quantitative estimate of drug-likeness (QED) is 0.543. The summed E-state index contributed by atoms with van der Waals surface area (Å²) in [6.45, 7) is 9.97. The van der Waals surface area contributed by atoms with E-state index in [0.29, 0.717) is 28.7 Å². The van der Waals surface area contributed by atoms with Crippen LogP contribution in [0.1, 0.15) is 50.3 Å². The van der Waals surface area contributed by atoms with Gasteiger partial charge >= 0.3 is 0 Å². The SMILES string of the molecule is C=Cc1ccc(C#N)c(-c2cc(O)c(CC=C(C)CCC=C(C)C)c(O)c2)c1. The Balaban J connectivity index is 2.30. The molecule has 0 saturated heterocycles. The van der Waals surface area contributed by atoms with Gasteiger partial charge in [0.25, 0.3) is 0 Å². The molecular weight excluding hydrogens is 346 g/mol. The number of phenolic OH excluding ortho intramolecular Hbond substituents is 2. The minimum absolute atomic E-state index is 0.0243. The van der Waals surface area contributed by atoms with Crippen molar-refractivity contribution in [2.24, 2.45) is 0 Å². The largest absolute Gasteiger partial charge is 0.507 e. The van der Waals surface area contributed by atoms with Gasteiger partial charge in [0.1, 0.15) is 11.5 Å². The zero-order chi connectivity index (χ0) is 20.7. The molecular formula is C25H27NO2. The van der Waals surface area contributed by atoms with Crippen molar-refractivity contribution in [3.63, 3.8) is 0 Å². The normalized spacial score (nSPS) is 11.0. The van der Waals surface area contributed by atoms with E-state index in [-0.39, 0.29) is 11.5 Å². The maximum Gasteiger partial charge on any atom is 0.123 e. The van der Waals surface area contributed by atoms with Gasteiger partial charge < -0.3 is 10.2 Å². The van der Waals surface area contributed by atoms with E-state index in [2.05, 4.69) is 39.5 Å². The van der Waals surface area contributed by atoms with Crippen LogP contribution in [0, 0.1) is 11.3 Å². The Morgan fingerprint density at radius 3 is 2.32 bits per heavy atom. The van der Waals surface area contributed by atoms with E-state index in [1.54, 1.807) is 24.3 Å². The number of nitrogens with zero attached hydrogens (tertiary/aromatic N) is 1. The predicted molar refractivity (Wildman–Crippen MR) is 116 cm³/mol. The smallest absolute Gasteiger partial charge is 0.123 e. The second kappa shape index (κ2) is 9.62. The zero-order valence-corrected chi connectivity index (χ0v) is 16.8. The molecule has 0 amide bonds. The van der Waals surface area contributed by atoms with E-state index in [1.165, 1.54) is 11.1 Å². The third-order valence-corrected chi connectivity index (χ3v) is 4.66. The molecule has 0 atom stereocenters. The summed E-state index contributed by atoms with van der Waals surface area (Å²) < 4.78 is 0. The van der Waals surface area contributed by atoms with E-state index >= 15 is 0 Å². The number of phenols is 2. The summed E-state index contributed by atoms with van der Waals surface area (Å²) in [5.74, 6) is 0.0486. The summed E-state index contributed by atoms with van der Waals surface area (Å²) in [6, 6.07) is 10.7. The van der Waals surface area contributed by atoms with Gasteiger partial charge in [0.2, 0.25) is 0 Å². The zero-order valence-electron chi connectivity index (χ0n) is 16.8. The van der Waals surface area contributed by atoms with Crippen molar-refractivity contribution in [2.75, 3.05) is 0 Å². The van der Waals surface area contributed by atoms with Crippen LogP contribution in [-0.2, 0) is 6.42 Å². The molecule has 0 unspecified atom stereocenters. The average Bonchev–Trinajstić information content (AvgIpc) is 2.66. The second-order valence-corrected chi connectivity index (χ2v) is 7.19. The molecule has 0 heterocycles. The Labute approximate surface area is 167 Å². The topological polar surface area (TPSA) is 64.2 Å². The summed E-state index contributed by atoms with van der Waals surface area (Å²) in [4.78, 5) is 0. The highest BCUT2D eigenvalue weighted by Gasteiger charge is 2.13. The summed E-state index contributed by atoms with van der Waals surface area (Å²) in [5, 5.41) is 30.3. The Kier molecular flexibility index (Phi) is 7.23. The van der Waals surface area contributed by atoms with Crippen molar-refractivity contribution >= 4 is 6.08 Å². The van der Waals surface area contributed by atoms with Crippen LogP contribution in [0.3, 0.4) is 0 Å². The fourth-order valence-electron chi connectivity index (χ4n) is 3.00. The molecule has 2 N–H and O–H groups in total.